The predicted octanol–water partition coefficient (Wildman–Crippen LogP) is 2.14. The van der Waals surface area contributed by atoms with E-state index in [9.17, 15) is 4.79 Å². The Bertz CT molecular complexity index is 693. The molecule has 1 aliphatic heterocycles. The quantitative estimate of drug-likeness (QED) is 0.941. The molecular formula is C17H21N3O2. The normalized spacial score (nSPS) is 17.6. The van der Waals surface area contributed by atoms with Gasteiger partial charge in [0.05, 0.1) is 5.52 Å². The molecule has 5 heteroatoms. The standard InChI is InChI=1S/C17H21N3O2/c1-12-11-16(18-15-6-4-3-5-14(12)15)20-9-7-19(8-10-20)13(2)17(21)22/h3-6,11,13H,7-10H2,1-2H3,(H,21,22). The van der Waals surface area contributed by atoms with Crippen molar-refractivity contribution in [3.63, 3.8) is 0 Å². The molecule has 5 nitrogen and oxygen atoms in total. The summed E-state index contributed by atoms with van der Waals surface area (Å²) in [5.74, 6) is 0.229. The van der Waals surface area contributed by atoms with Crippen LogP contribution in [0, 0.1) is 6.92 Å². The average Bonchev–Trinajstić information content (AvgIpc) is 2.54. The summed E-state index contributed by atoms with van der Waals surface area (Å²) in [5.41, 5.74) is 2.24. The summed E-state index contributed by atoms with van der Waals surface area (Å²) >= 11 is 0. The van der Waals surface area contributed by atoms with E-state index in [1.54, 1.807) is 6.92 Å². The maximum Gasteiger partial charge on any atom is 0.320 e. The number of fused-ring (bicyclic) bond motifs is 1. The molecule has 0 radical (unpaired) electrons. The highest BCUT2D eigenvalue weighted by Crippen LogP contribution is 2.23. The van der Waals surface area contributed by atoms with Crippen LogP contribution in [0.25, 0.3) is 10.9 Å². The predicted molar refractivity (Wildman–Crippen MR) is 87.4 cm³/mol. The average molecular weight is 299 g/mol. The van der Waals surface area contributed by atoms with Gasteiger partial charge in [0.25, 0.3) is 0 Å². The second-order valence-corrected chi connectivity index (χ2v) is 5.85. The Morgan fingerprint density at radius 3 is 2.59 bits per heavy atom. The largest absolute Gasteiger partial charge is 0.480 e. The fourth-order valence-electron chi connectivity index (χ4n) is 2.99. The minimum atomic E-state index is -0.756. The Hall–Kier alpha value is -2.14. The van der Waals surface area contributed by atoms with Gasteiger partial charge in [-0.05, 0) is 31.5 Å². The number of aryl methyl sites for hydroxylation is 1. The molecule has 1 aliphatic rings. The fraction of sp³-hybridized carbons (Fsp3) is 0.412. The van der Waals surface area contributed by atoms with Crippen LogP contribution in [0.15, 0.2) is 30.3 Å². The molecule has 0 amide bonds. The van der Waals surface area contributed by atoms with Crippen LogP contribution < -0.4 is 4.90 Å². The molecule has 0 aliphatic carbocycles. The molecular weight excluding hydrogens is 278 g/mol. The van der Waals surface area contributed by atoms with E-state index in [-0.39, 0.29) is 0 Å². The number of nitrogens with zero attached hydrogens (tertiary/aromatic N) is 3. The second-order valence-electron chi connectivity index (χ2n) is 5.85. The summed E-state index contributed by atoms with van der Waals surface area (Å²) in [4.78, 5) is 20.1. The van der Waals surface area contributed by atoms with Crippen LogP contribution >= 0.6 is 0 Å². The van der Waals surface area contributed by atoms with Gasteiger partial charge in [-0.2, -0.15) is 0 Å². The lowest BCUT2D eigenvalue weighted by Crippen LogP contribution is -2.52. The number of pyridine rings is 1. The van der Waals surface area contributed by atoms with E-state index in [4.69, 9.17) is 10.1 Å². The van der Waals surface area contributed by atoms with Crippen LogP contribution in [-0.2, 0) is 4.79 Å². The third kappa shape index (κ3) is 2.76. The van der Waals surface area contributed by atoms with Crippen LogP contribution in [-0.4, -0.2) is 53.2 Å². The van der Waals surface area contributed by atoms with Crippen molar-refractivity contribution in [3.05, 3.63) is 35.9 Å². The van der Waals surface area contributed by atoms with Gasteiger partial charge in [-0.1, -0.05) is 18.2 Å². The van der Waals surface area contributed by atoms with Crippen LogP contribution in [0.2, 0.25) is 0 Å². The lowest BCUT2D eigenvalue weighted by molar-refractivity contribution is -0.142. The zero-order valence-corrected chi connectivity index (χ0v) is 13.0. The minimum absolute atomic E-state index is 0.423. The third-order valence-electron chi connectivity index (χ3n) is 4.45. The second kappa shape index (κ2) is 5.93. The fourth-order valence-corrected chi connectivity index (χ4v) is 2.99. The Morgan fingerprint density at radius 1 is 1.23 bits per heavy atom. The number of carboxylic acid groups (broad SMARTS) is 1. The number of anilines is 1. The van der Waals surface area contributed by atoms with E-state index in [0.717, 1.165) is 37.5 Å². The zero-order valence-electron chi connectivity index (χ0n) is 13.0. The number of para-hydroxylation sites is 1. The van der Waals surface area contributed by atoms with Crippen LogP contribution in [0.3, 0.4) is 0 Å². The number of hydrogen-bond donors (Lipinski definition) is 1. The number of aliphatic carboxylic acids is 1. The SMILES string of the molecule is Cc1cc(N2CCN(C(C)C(=O)O)CC2)nc2ccccc12. The summed E-state index contributed by atoms with van der Waals surface area (Å²) in [6.45, 7) is 6.97. The highest BCUT2D eigenvalue weighted by atomic mass is 16.4. The third-order valence-corrected chi connectivity index (χ3v) is 4.45. The number of aromatic nitrogens is 1. The molecule has 1 unspecified atom stereocenters. The number of benzene rings is 1. The van der Waals surface area contributed by atoms with Gasteiger partial charge in [0, 0.05) is 31.6 Å². The lowest BCUT2D eigenvalue weighted by Gasteiger charge is -2.37. The van der Waals surface area contributed by atoms with Crippen molar-refractivity contribution in [1.82, 2.24) is 9.88 Å². The van der Waals surface area contributed by atoms with Gasteiger partial charge >= 0.3 is 5.97 Å². The van der Waals surface area contributed by atoms with Crippen molar-refractivity contribution < 1.29 is 9.90 Å². The first-order valence-corrected chi connectivity index (χ1v) is 7.64. The summed E-state index contributed by atoms with van der Waals surface area (Å²) < 4.78 is 0. The van der Waals surface area contributed by atoms with E-state index in [1.165, 1.54) is 10.9 Å². The van der Waals surface area contributed by atoms with Crippen molar-refractivity contribution in [3.8, 4) is 0 Å². The highest BCUT2D eigenvalue weighted by Gasteiger charge is 2.25. The van der Waals surface area contributed by atoms with Gasteiger partial charge in [0.2, 0.25) is 0 Å². The maximum atomic E-state index is 11.1. The first-order valence-electron chi connectivity index (χ1n) is 7.64. The minimum Gasteiger partial charge on any atom is -0.480 e. The smallest absolute Gasteiger partial charge is 0.320 e. The highest BCUT2D eigenvalue weighted by molar-refractivity contribution is 5.83. The molecule has 22 heavy (non-hydrogen) atoms. The molecule has 1 N–H and O–H groups in total. The van der Waals surface area contributed by atoms with Gasteiger partial charge in [-0.3, -0.25) is 9.69 Å². The maximum absolute atomic E-state index is 11.1. The van der Waals surface area contributed by atoms with Gasteiger partial charge in [-0.25, -0.2) is 4.98 Å². The van der Waals surface area contributed by atoms with Crippen molar-refractivity contribution in [2.24, 2.45) is 0 Å². The number of carbonyl (C=O) groups is 1. The van der Waals surface area contributed by atoms with Crippen LogP contribution in [0.1, 0.15) is 12.5 Å². The summed E-state index contributed by atoms with van der Waals surface area (Å²) in [7, 11) is 0. The van der Waals surface area contributed by atoms with E-state index >= 15 is 0 Å². The Labute approximate surface area is 130 Å². The molecule has 3 rings (SSSR count). The first-order chi connectivity index (χ1) is 10.6. The molecule has 1 aromatic heterocycles. The topological polar surface area (TPSA) is 56.7 Å². The number of rotatable bonds is 3. The van der Waals surface area contributed by atoms with Crippen molar-refractivity contribution in [1.29, 1.82) is 0 Å². The molecule has 2 aromatic rings. The number of piperazine rings is 1. The molecule has 116 valence electrons. The molecule has 2 heterocycles. The number of carboxylic acids is 1. The molecule has 1 aromatic carbocycles. The summed E-state index contributed by atoms with van der Waals surface area (Å²) in [5, 5.41) is 10.3. The molecule has 0 spiro atoms. The van der Waals surface area contributed by atoms with Gasteiger partial charge in [0.1, 0.15) is 11.9 Å². The van der Waals surface area contributed by atoms with E-state index in [2.05, 4.69) is 24.0 Å². The Morgan fingerprint density at radius 2 is 1.91 bits per heavy atom. The molecule has 1 fully saturated rings. The summed E-state index contributed by atoms with van der Waals surface area (Å²) in [6.07, 6.45) is 0. The van der Waals surface area contributed by atoms with Gasteiger partial charge in [0.15, 0.2) is 0 Å². The Kier molecular flexibility index (Phi) is 3.98. The Balaban J connectivity index is 1.78. The van der Waals surface area contributed by atoms with E-state index < -0.39 is 12.0 Å². The molecule has 1 saturated heterocycles. The molecule has 0 bridgehead atoms. The van der Waals surface area contributed by atoms with Crippen LogP contribution in [0.4, 0.5) is 5.82 Å². The van der Waals surface area contributed by atoms with Gasteiger partial charge < -0.3 is 10.0 Å². The monoisotopic (exact) mass is 299 g/mol. The van der Waals surface area contributed by atoms with Crippen molar-refractivity contribution in [2.45, 2.75) is 19.9 Å². The van der Waals surface area contributed by atoms with Crippen molar-refractivity contribution in [2.75, 3.05) is 31.1 Å². The summed E-state index contributed by atoms with van der Waals surface area (Å²) in [6, 6.07) is 9.86. The number of hydrogen-bond acceptors (Lipinski definition) is 4. The first kappa shape index (κ1) is 14.8. The van der Waals surface area contributed by atoms with Crippen molar-refractivity contribution >= 4 is 22.7 Å². The molecule has 1 atom stereocenters. The van der Waals surface area contributed by atoms with Gasteiger partial charge in [-0.15, -0.1) is 0 Å². The lowest BCUT2D eigenvalue weighted by atomic mass is 10.1. The van der Waals surface area contributed by atoms with E-state index in [0.29, 0.717) is 0 Å². The molecule has 0 saturated carbocycles. The van der Waals surface area contributed by atoms with Crippen LogP contribution in [0.5, 0.6) is 0 Å². The van der Waals surface area contributed by atoms with E-state index in [1.807, 2.05) is 23.1 Å². The zero-order chi connectivity index (χ0) is 15.7.